The molecule has 2 heterocycles. The molecular formula is C16H15ClFN3S. The lowest BCUT2D eigenvalue weighted by Gasteiger charge is -2.14. The number of nitrogens with one attached hydrogen (secondary N) is 1. The summed E-state index contributed by atoms with van der Waals surface area (Å²) in [5.74, 6) is 0.263. The fourth-order valence-electron chi connectivity index (χ4n) is 2.02. The van der Waals surface area contributed by atoms with Crippen LogP contribution in [-0.4, -0.2) is 9.97 Å². The summed E-state index contributed by atoms with van der Waals surface area (Å²) in [6, 6.07) is 6.60. The van der Waals surface area contributed by atoms with Gasteiger partial charge in [0, 0.05) is 10.6 Å². The van der Waals surface area contributed by atoms with E-state index in [2.05, 4.69) is 42.1 Å². The van der Waals surface area contributed by atoms with E-state index in [4.69, 9.17) is 11.6 Å². The molecule has 0 aliphatic rings. The van der Waals surface area contributed by atoms with Gasteiger partial charge in [-0.25, -0.2) is 14.4 Å². The van der Waals surface area contributed by atoms with Crippen LogP contribution in [0.4, 0.5) is 15.9 Å². The van der Waals surface area contributed by atoms with Crippen LogP contribution in [0.25, 0.3) is 10.2 Å². The van der Waals surface area contributed by atoms with Crippen LogP contribution in [0.2, 0.25) is 5.02 Å². The van der Waals surface area contributed by atoms with Gasteiger partial charge < -0.3 is 5.32 Å². The summed E-state index contributed by atoms with van der Waals surface area (Å²) in [6.45, 7) is 6.49. The second-order valence-electron chi connectivity index (χ2n) is 6.05. The number of benzene rings is 1. The smallest absolute Gasteiger partial charge is 0.151 e. The molecule has 22 heavy (non-hydrogen) atoms. The Bertz CT molecular complexity index is 839. The van der Waals surface area contributed by atoms with Crippen LogP contribution < -0.4 is 5.32 Å². The lowest BCUT2D eigenvalue weighted by atomic mass is 9.95. The molecule has 0 radical (unpaired) electrons. The van der Waals surface area contributed by atoms with Crippen molar-refractivity contribution in [3.8, 4) is 0 Å². The van der Waals surface area contributed by atoms with Crippen LogP contribution >= 0.6 is 22.9 Å². The Balaban J connectivity index is 2.03. The third-order valence-corrected chi connectivity index (χ3v) is 5.08. The number of anilines is 2. The first-order valence-corrected chi connectivity index (χ1v) is 8.01. The first-order chi connectivity index (χ1) is 10.3. The minimum atomic E-state index is -0.439. The Kier molecular flexibility index (Phi) is 3.78. The van der Waals surface area contributed by atoms with Gasteiger partial charge in [-0.05, 0) is 29.7 Å². The highest BCUT2D eigenvalue weighted by Gasteiger charge is 2.19. The van der Waals surface area contributed by atoms with Crippen molar-refractivity contribution in [1.29, 1.82) is 0 Å². The molecule has 0 unspecified atom stereocenters. The SMILES string of the molecule is CC(C)(C)c1cc2ncnc(Nc3ccc(F)c(Cl)c3)c2s1. The highest BCUT2D eigenvalue weighted by atomic mass is 35.5. The van der Waals surface area contributed by atoms with E-state index in [1.54, 1.807) is 23.5 Å². The van der Waals surface area contributed by atoms with Gasteiger partial charge >= 0.3 is 0 Å². The molecule has 0 saturated heterocycles. The van der Waals surface area contributed by atoms with Gasteiger partial charge in [0.25, 0.3) is 0 Å². The van der Waals surface area contributed by atoms with Crippen molar-refractivity contribution < 1.29 is 4.39 Å². The highest BCUT2D eigenvalue weighted by molar-refractivity contribution is 7.19. The second kappa shape index (κ2) is 5.48. The maximum absolute atomic E-state index is 13.2. The van der Waals surface area contributed by atoms with Crippen LogP contribution in [0.15, 0.2) is 30.6 Å². The van der Waals surface area contributed by atoms with Crippen molar-refractivity contribution in [3.05, 3.63) is 46.3 Å². The number of aromatic nitrogens is 2. The standard InChI is InChI=1S/C16H15ClFN3S/c1-16(2,3)13-7-12-14(22-13)15(20-8-19-12)21-9-4-5-11(18)10(17)6-9/h4-8H,1-3H3,(H,19,20,21). The Morgan fingerprint density at radius 1 is 1.18 bits per heavy atom. The molecule has 3 aromatic rings. The second-order valence-corrected chi connectivity index (χ2v) is 7.51. The lowest BCUT2D eigenvalue weighted by Crippen LogP contribution is -2.07. The van der Waals surface area contributed by atoms with Crippen molar-refractivity contribution in [2.75, 3.05) is 5.32 Å². The summed E-state index contributed by atoms with van der Waals surface area (Å²) in [7, 11) is 0. The topological polar surface area (TPSA) is 37.8 Å². The average molecular weight is 336 g/mol. The van der Waals surface area contributed by atoms with Crippen LogP contribution in [-0.2, 0) is 5.41 Å². The quantitative estimate of drug-likeness (QED) is 0.669. The highest BCUT2D eigenvalue weighted by Crippen LogP contribution is 2.37. The van der Waals surface area contributed by atoms with Crippen molar-refractivity contribution >= 4 is 44.7 Å². The number of nitrogens with zero attached hydrogens (tertiary/aromatic N) is 2. The molecule has 3 nitrogen and oxygen atoms in total. The van der Waals surface area contributed by atoms with Crippen LogP contribution in [0, 0.1) is 5.82 Å². The third-order valence-electron chi connectivity index (χ3n) is 3.23. The normalized spacial score (nSPS) is 11.9. The molecule has 0 aliphatic carbocycles. The summed E-state index contributed by atoms with van der Waals surface area (Å²) >= 11 is 7.48. The number of thiophene rings is 1. The van der Waals surface area contributed by atoms with E-state index in [0.29, 0.717) is 11.5 Å². The van der Waals surface area contributed by atoms with E-state index in [1.807, 2.05) is 0 Å². The van der Waals surface area contributed by atoms with Gasteiger partial charge in [-0.2, -0.15) is 0 Å². The maximum Gasteiger partial charge on any atom is 0.151 e. The maximum atomic E-state index is 13.2. The number of rotatable bonds is 2. The summed E-state index contributed by atoms with van der Waals surface area (Å²) in [6.07, 6.45) is 1.52. The molecule has 0 aliphatic heterocycles. The molecule has 0 amide bonds. The lowest BCUT2D eigenvalue weighted by molar-refractivity contribution is 0.604. The van der Waals surface area contributed by atoms with Crippen LogP contribution in [0.1, 0.15) is 25.6 Å². The molecule has 0 spiro atoms. The molecule has 3 rings (SSSR count). The van der Waals surface area contributed by atoms with E-state index in [9.17, 15) is 4.39 Å². The van der Waals surface area contributed by atoms with Gasteiger partial charge in [0.15, 0.2) is 5.82 Å². The molecule has 1 aromatic carbocycles. The van der Waals surface area contributed by atoms with Gasteiger partial charge in [-0.15, -0.1) is 11.3 Å². The van der Waals surface area contributed by atoms with Gasteiger partial charge in [0.2, 0.25) is 0 Å². The number of hydrogen-bond acceptors (Lipinski definition) is 4. The summed E-state index contributed by atoms with van der Waals surface area (Å²) < 4.78 is 14.2. The largest absolute Gasteiger partial charge is 0.339 e. The van der Waals surface area contributed by atoms with E-state index < -0.39 is 5.82 Å². The summed E-state index contributed by atoms with van der Waals surface area (Å²) in [5.41, 5.74) is 1.65. The van der Waals surface area contributed by atoms with Crippen molar-refractivity contribution in [2.24, 2.45) is 0 Å². The number of halogens is 2. The monoisotopic (exact) mass is 335 g/mol. The van der Waals surface area contributed by atoms with Gasteiger partial charge in [0.05, 0.1) is 15.2 Å². The zero-order valence-corrected chi connectivity index (χ0v) is 14.0. The van der Waals surface area contributed by atoms with E-state index in [1.165, 1.54) is 17.3 Å². The minimum Gasteiger partial charge on any atom is -0.339 e. The Morgan fingerprint density at radius 2 is 1.95 bits per heavy atom. The first-order valence-electron chi connectivity index (χ1n) is 6.82. The zero-order valence-electron chi connectivity index (χ0n) is 12.4. The number of fused-ring (bicyclic) bond motifs is 1. The van der Waals surface area contributed by atoms with E-state index in [-0.39, 0.29) is 10.4 Å². The third kappa shape index (κ3) is 2.91. The fraction of sp³-hybridized carbons (Fsp3) is 0.250. The van der Waals surface area contributed by atoms with Crippen LogP contribution in [0.5, 0.6) is 0 Å². The number of hydrogen-bond donors (Lipinski definition) is 1. The molecular weight excluding hydrogens is 321 g/mol. The average Bonchev–Trinajstić information content (AvgIpc) is 2.88. The molecule has 0 atom stereocenters. The molecule has 1 N–H and O–H groups in total. The minimum absolute atomic E-state index is 0.0574. The van der Waals surface area contributed by atoms with E-state index in [0.717, 1.165) is 10.2 Å². The summed E-state index contributed by atoms with van der Waals surface area (Å²) in [4.78, 5) is 9.86. The first kappa shape index (κ1) is 15.2. The molecule has 0 fully saturated rings. The zero-order chi connectivity index (χ0) is 15.9. The Morgan fingerprint density at radius 3 is 2.64 bits per heavy atom. The van der Waals surface area contributed by atoms with Crippen LogP contribution in [0.3, 0.4) is 0 Å². The molecule has 6 heteroatoms. The molecule has 2 aromatic heterocycles. The summed E-state index contributed by atoms with van der Waals surface area (Å²) in [5, 5.41) is 3.27. The van der Waals surface area contributed by atoms with E-state index >= 15 is 0 Å². The molecule has 0 saturated carbocycles. The Hall–Kier alpha value is -1.72. The van der Waals surface area contributed by atoms with Gasteiger partial charge in [0.1, 0.15) is 12.1 Å². The van der Waals surface area contributed by atoms with Gasteiger partial charge in [-0.3, -0.25) is 0 Å². The predicted molar refractivity (Wildman–Crippen MR) is 90.8 cm³/mol. The van der Waals surface area contributed by atoms with Crippen molar-refractivity contribution in [3.63, 3.8) is 0 Å². The van der Waals surface area contributed by atoms with Crippen molar-refractivity contribution in [2.45, 2.75) is 26.2 Å². The Labute approximate surface area is 137 Å². The predicted octanol–water partition coefficient (Wildman–Crippen LogP) is 5.52. The van der Waals surface area contributed by atoms with Gasteiger partial charge in [-0.1, -0.05) is 32.4 Å². The molecule has 114 valence electrons. The molecule has 0 bridgehead atoms. The fourth-order valence-corrected chi connectivity index (χ4v) is 3.32. The van der Waals surface area contributed by atoms with Crippen molar-refractivity contribution in [1.82, 2.24) is 9.97 Å².